The second-order valence-electron chi connectivity index (χ2n) is 3.42. The maximum absolute atomic E-state index is 5.44. The van der Waals surface area contributed by atoms with Crippen LogP contribution in [0.4, 0.5) is 0 Å². The van der Waals surface area contributed by atoms with E-state index >= 15 is 0 Å². The SMILES string of the molecule is Cn1ccc(CNCc2cc(Br)c(Br)o2)n1. The van der Waals surface area contributed by atoms with E-state index < -0.39 is 0 Å². The topological polar surface area (TPSA) is 43.0 Å². The average Bonchev–Trinajstić information content (AvgIpc) is 2.75. The van der Waals surface area contributed by atoms with Gasteiger partial charge in [0.25, 0.3) is 0 Å². The van der Waals surface area contributed by atoms with E-state index in [9.17, 15) is 0 Å². The highest BCUT2D eigenvalue weighted by Crippen LogP contribution is 2.26. The van der Waals surface area contributed by atoms with Gasteiger partial charge >= 0.3 is 0 Å². The summed E-state index contributed by atoms with van der Waals surface area (Å²) in [6.07, 6.45) is 1.93. The molecule has 4 nitrogen and oxygen atoms in total. The first kappa shape index (κ1) is 11.9. The third-order valence-corrected chi connectivity index (χ3v) is 3.78. The monoisotopic (exact) mass is 347 g/mol. The predicted molar refractivity (Wildman–Crippen MR) is 67.9 cm³/mol. The summed E-state index contributed by atoms with van der Waals surface area (Å²) in [7, 11) is 1.91. The number of aromatic nitrogens is 2. The molecule has 0 saturated carbocycles. The highest BCUT2D eigenvalue weighted by atomic mass is 79.9. The fraction of sp³-hybridized carbons (Fsp3) is 0.300. The maximum atomic E-state index is 5.44. The van der Waals surface area contributed by atoms with Crippen LogP contribution in [-0.2, 0) is 20.1 Å². The molecule has 6 heteroatoms. The molecule has 86 valence electrons. The summed E-state index contributed by atoms with van der Waals surface area (Å²) in [5.74, 6) is 0.884. The van der Waals surface area contributed by atoms with Crippen LogP contribution in [0.3, 0.4) is 0 Å². The molecule has 0 radical (unpaired) electrons. The maximum Gasteiger partial charge on any atom is 0.183 e. The Bertz CT molecular complexity index is 459. The van der Waals surface area contributed by atoms with Gasteiger partial charge in [-0.1, -0.05) is 0 Å². The van der Waals surface area contributed by atoms with Crippen molar-refractivity contribution in [3.05, 3.63) is 38.9 Å². The Balaban J connectivity index is 1.84. The summed E-state index contributed by atoms with van der Waals surface area (Å²) in [4.78, 5) is 0. The van der Waals surface area contributed by atoms with Gasteiger partial charge in [0.15, 0.2) is 4.67 Å². The Morgan fingerprint density at radius 3 is 2.81 bits per heavy atom. The van der Waals surface area contributed by atoms with E-state index in [1.54, 1.807) is 4.68 Å². The van der Waals surface area contributed by atoms with Gasteiger partial charge in [-0.15, -0.1) is 0 Å². The van der Waals surface area contributed by atoms with Gasteiger partial charge in [0, 0.05) is 19.8 Å². The molecule has 0 aliphatic heterocycles. The van der Waals surface area contributed by atoms with E-state index in [-0.39, 0.29) is 0 Å². The summed E-state index contributed by atoms with van der Waals surface area (Å²) in [6.45, 7) is 1.41. The molecule has 2 aromatic rings. The van der Waals surface area contributed by atoms with Crippen LogP contribution in [-0.4, -0.2) is 9.78 Å². The van der Waals surface area contributed by atoms with E-state index in [0.29, 0.717) is 6.54 Å². The zero-order valence-electron chi connectivity index (χ0n) is 8.70. The van der Waals surface area contributed by atoms with E-state index in [1.807, 2.05) is 25.4 Å². The molecule has 2 heterocycles. The second kappa shape index (κ2) is 5.16. The van der Waals surface area contributed by atoms with Crippen LogP contribution in [0, 0.1) is 0 Å². The van der Waals surface area contributed by atoms with Crippen molar-refractivity contribution < 1.29 is 4.42 Å². The lowest BCUT2D eigenvalue weighted by Gasteiger charge is -1.98. The van der Waals surface area contributed by atoms with Crippen LogP contribution >= 0.6 is 31.9 Å². The molecule has 0 amide bonds. The summed E-state index contributed by atoms with van der Waals surface area (Å²) in [5.41, 5.74) is 1.02. The molecule has 2 rings (SSSR count). The van der Waals surface area contributed by atoms with Crippen LogP contribution in [0.25, 0.3) is 0 Å². The highest BCUT2D eigenvalue weighted by molar-refractivity contribution is 9.13. The number of nitrogens with one attached hydrogen (secondary N) is 1. The lowest BCUT2D eigenvalue weighted by molar-refractivity contribution is 0.463. The number of hydrogen-bond acceptors (Lipinski definition) is 3. The Labute approximate surface area is 110 Å². The molecule has 0 aliphatic carbocycles. The van der Waals surface area contributed by atoms with Crippen LogP contribution in [0.5, 0.6) is 0 Å². The molecule has 1 N–H and O–H groups in total. The van der Waals surface area contributed by atoms with Gasteiger partial charge in [0.05, 0.1) is 16.7 Å². The molecular formula is C10H11Br2N3O. The zero-order chi connectivity index (χ0) is 11.5. The Morgan fingerprint density at radius 2 is 2.25 bits per heavy atom. The Hall–Kier alpha value is -0.590. The molecule has 2 aromatic heterocycles. The summed E-state index contributed by atoms with van der Waals surface area (Å²) >= 11 is 6.67. The third kappa shape index (κ3) is 2.96. The first-order valence-corrected chi connectivity index (χ1v) is 6.36. The molecule has 0 aromatic carbocycles. The highest BCUT2D eigenvalue weighted by Gasteiger charge is 2.05. The largest absolute Gasteiger partial charge is 0.452 e. The van der Waals surface area contributed by atoms with Crippen molar-refractivity contribution in [1.82, 2.24) is 15.1 Å². The summed E-state index contributed by atoms with van der Waals surface area (Å²) in [5, 5.41) is 7.53. The van der Waals surface area contributed by atoms with E-state index in [2.05, 4.69) is 42.3 Å². The van der Waals surface area contributed by atoms with Crippen LogP contribution in [0.1, 0.15) is 11.5 Å². The van der Waals surface area contributed by atoms with Crippen molar-refractivity contribution in [2.24, 2.45) is 7.05 Å². The van der Waals surface area contributed by atoms with Crippen molar-refractivity contribution in [3.63, 3.8) is 0 Å². The minimum atomic E-state index is 0.681. The van der Waals surface area contributed by atoms with E-state index in [4.69, 9.17) is 4.42 Å². The third-order valence-electron chi connectivity index (χ3n) is 2.07. The van der Waals surface area contributed by atoms with Crippen molar-refractivity contribution >= 4 is 31.9 Å². The molecule has 0 atom stereocenters. The second-order valence-corrected chi connectivity index (χ2v) is 4.99. The minimum Gasteiger partial charge on any atom is -0.452 e. The Kier molecular flexibility index (Phi) is 3.83. The van der Waals surface area contributed by atoms with E-state index in [0.717, 1.165) is 27.1 Å². The van der Waals surface area contributed by atoms with Crippen LogP contribution in [0.2, 0.25) is 0 Å². The van der Waals surface area contributed by atoms with Crippen LogP contribution in [0.15, 0.2) is 31.9 Å². The number of halogens is 2. The van der Waals surface area contributed by atoms with Gasteiger partial charge in [-0.25, -0.2) is 0 Å². The minimum absolute atomic E-state index is 0.681. The fourth-order valence-electron chi connectivity index (χ4n) is 1.35. The quantitative estimate of drug-likeness (QED) is 0.923. The molecular weight excluding hydrogens is 338 g/mol. The first-order valence-electron chi connectivity index (χ1n) is 4.78. The lowest BCUT2D eigenvalue weighted by Crippen LogP contribution is -2.12. The number of rotatable bonds is 4. The lowest BCUT2D eigenvalue weighted by atomic mass is 10.4. The fourth-order valence-corrected chi connectivity index (χ4v) is 2.01. The van der Waals surface area contributed by atoms with Gasteiger partial charge < -0.3 is 9.73 Å². The number of furan rings is 1. The van der Waals surface area contributed by atoms with Gasteiger partial charge in [0.2, 0.25) is 0 Å². The molecule has 0 unspecified atom stereocenters. The van der Waals surface area contributed by atoms with Crippen molar-refractivity contribution in [2.75, 3.05) is 0 Å². The Morgan fingerprint density at radius 1 is 1.44 bits per heavy atom. The standard InChI is InChI=1S/C10H11Br2N3O/c1-15-3-2-7(14-15)5-13-6-8-4-9(11)10(12)16-8/h2-4,13H,5-6H2,1H3. The van der Waals surface area contributed by atoms with Crippen molar-refractivity contribution in [2.45, 2.75) is 13.1 Å². The molecule has 0 bridgehead atoms. The first-order chi connectivity index (χ1) is 7.65. The normalized spacial score (nSPS) is 10.9. The zero-order valence-corrected chi connectivity index (χ0v) is 11.9. The number of aryl methyl sites for hydroxylation is 1. The average molecular weight is 349 g/mol. The summed E-state index contributed by atoms with van der Waals surface area (Å²) < 4.78 is 8.88. The molecule has 0 aliphatic rings. The number of hydrogen-bond donors (Lipinski definition) is 1. The molecule has 16 heavy (non-hydrogen) atoms. The van der Waals surface area contributed by atoms with Crippen LogP contribution < -0.4 is 5.32 Å². The van der Waals surface area contributed by atoms with Crippen molar-refractivity contribution in [1.29, 1.82) is 0 Å². The molecule has 0 fully saturated rings. The van der Waals surface area contributed by atoms with Gasteiger partial charge in [-0.05, 0) is 44.0 Å². The summed E-state index contributed by atoms with van der Waals surface area (Å²) in [6, 6.07) is 3.93. The van der Waals surface area contributed by atoms with Gasteiger partial charge in [0.1, 0.15) is 5.76 Å². The smallest absolute Gasteiger partial charge is 0.183 e. The van der Waals surface area contributed by atoms with E-state index in [1.165, 1.54) is 0 Å². The number of nitrogens with zero attached hydrogens (tertiary/aromatic N) is 2. The molecule has 0 spiro atoms. The predicted octanol–water partition coefficient (Wildman–Crippen LogP) is 2.83. The van der Waals surface area contributed by atoms with Gasteiger partial charge in [-0.2, -0.15) is 5.10 Å². The molecule has 0 saturated heterocycles. The van der Waals surface area contributed by atoms with Gasteiger partial charge in [-0.3, -0.25) is 4.68 Å². The van der Waals surface area contributed by atoms with Crippen molar-refractivity contribution in [3.8, 4) is 0 Å².